The van der Waals surface area contributed by atoms with Gasteiger partial charge >= 0.3 is 0 Å². The van der Waals surface area contributed by atoms with Crippen molar-refractivity contribution in [1.82, 2.24) is 4.90 Å². The second-order valence-electron chi connectivity index (χ2n) is 4.20. The van der Waals surface area contributed by atoms with Crippen LogP contribution < -0.4 is 5.73 Å². The van der Waals surface area contributed by atoms with Gasteiger partial charge in [-0.05, 0) is 30.7 Å². The molecule has 1 rings (SSSR count). The highest BCUT2D eigenvalue weighted by Crippen LogP contribution is 2.21. The summed E-state index contributed by atoms with van der Waals surface area (Å²) in [6.45, 7) is 4.97. The Morgan fingerprint density at radius 3 is 2.71 bits per heavy atom. The van der Waals surface area contributed by atoms with Crippen molar-refractivity contribution in [3.63, 3.8) is 0 Å². The molecule has 96 valence electrons. The summed E-state index contributed by atoms with van der Waals surface area (Å²) in [5.74, 6) is 0. The third kappa shape index (κ3) is 5.06. The standard InChI is InChI=1S/C13H21BrN2O/c1-2-3-6-16(7-8-17)10-11-4-5-12(15)9-13(11)14/h4-5,9,17H,2-3,6-8,10,15H2,1H3. The van der Waals surface area contributed by atoms with Crippen molar-refractivity contribution in [2.45, 2.75) is 26.3 Å². The van der Waals surface area contributed by atoms with E-state index in [-0.39, 0.29) is 6.61 Å². The fourth-order valence-corrected chi connectivity index (χ4v) is 2.25. The van der Waals surface area contributed by atoms with Gasteiger partial charge in [0.1, 0.15) is 0 Å². The Bertz CT molecular complexity index is 344. The quantitative estimate of drug-likeness (QED) is 0.761. The minimum absolute atomic E-state index is 0.205. The fourth-order valence-electron chi connectivity index (χ4n) is 1.73. The van der Waals surface area contributed by atoms with Crippen LogP contribution in [0.1, 0.15) is 25.3 Å². The van der Waals surface area contributed by atoms with Gasteiger partial charge in [-0.25, -0.2) is 0 Å². The molecule has 0 radical (unpaired) electrons. The molecule has 0 unspecified atom stereocenters. The molecule has 0 bridgehead atoms. The Kier molecular flexibility index (Phi) is 6.55. The van der Waals surface area contributed by atoms with Crippen LogP contribution in [0, 0.1) is 0 Å². The number of nitrogens with two attached hydrogens (primary N) is 1. The maximum atomic E-state index is 9.05. The van der Waals surface area contributed by atoms with Crippen LogP contribution in [0.3, 0.4) is 0 Å². The number of hydrogen-bond acceptors (Lipinski definition) is 3. The summed E-state index contributed by atoms with van der Waals surface area (Å²) in [6, 6.07) is 5.87. The molecule has 0 heterocycles. The predicted molar refractivity (Wildman–Crippen MR) is 75.8 cm³/mol. The van der Waals surface area contributed by atoms with Crippen molar-refractivity contribution < 1.29 is 5.11 Å². The zero-order valence-electron chi connectivity index (χ0n) is 10.3. The molecule has 4 heteroatoms. The first-order chi connectivity index (χ1) is 8.17. The average Bonchev–Trinajstić information content (AvgIpc) is 2.29. The average molecular weight is 301 g/mol. The lowest BCUT2D eigenvalue weighted by atomic mass is 10.2. The first kappa shape index (κ1) is 14.5. The summed E-state index contributed by atoms with van der Waals surface area (Å²) in [5, 5.41) is 9.05. The summed E-state index contributed by atoms with van der Waals surface area (Å²) >= 11 is 3.53. The molecule has 0 aliphatic rings. The lowest BCUT2D eigenvalue weighted by Crippen LogP contribution is -2.27. The number of aliphatic hydroxyl groups is 1. The predicted octanol–water partition coefficient (Wildman–Crippen LogP) is 2.63. The molecule has 0 aliphatic carbocycles. The largest absolute Gasteiger partial charge is 0.399 e. The zero-order valence-corrected chi connectivity index (χ0v) is 11.9. The lowest BCUT2D eigenvalue weighted by molar-refractivity contribution is 0.188. The molecule has 17 heavy (non-hydrogen) atoms. The van der Waals surface area contributed by atoms with Gasteiger partial charge in [0.15, 0.2) is 0 Å². The Balaban J connectivity index is 2.64. The van der Waals surface area contributed by atoms with E-state index in [0.717, 1.165) is 36.2 Å². The van der Waals surface area contributed by atoms with Crippen molar-refractivity contribution >= 4 is 21.6 Å². The third-order valence-corrected chi connectivity index (χ3v) is 3.45. The Labute approximate surface area is 112 Å². The van der Waals surface area contributed by atoms with E-state index in [4.69, 9.17) is 10.8 Å². The molecule has 0 aliphatic heterocycles. The Hall–Kier alpha value is -0.580. The number of halogens is 1. The first-order valence-corrected chi connectivity index (χ1v) is 6.83. The molecule has 0 fully saturated rings. The fraction of sp³-hybridized carbons (Fsp3) is 0.538. The van der Waals surface area contributed by atoms with Gasteiger partial charge < -0.3 is 10.8 Å². The number of benzene rings is 1. The summed E-state index contributed by atoms with van der Waals surface area (Å²) in [4.78, 5) is 2.26. The number of nitrogen functional groups attached to an aromatic ring is 1. The molecule has 0 atom stereocenters. The van der Waals surface area contributed by atoms with Gasteiger partial charge in [-0.2, -0.15) is 0 Å². The van der Waals surface area contributed by atoms with Crippen LogP contribution in [0.15, 0.2) is 22.7 Å². The van der Waals surface area contributed by atoms with Gasteiger partial charge in [-0.15, -0.1) is 0 Å². The van der Waals surface area contributed by atoms with Crippen LogP contribution in [0.2, 0.25) is 0 Å². The highest BCUT2D eigenvalue weighted by Gasteiger charge is 2.07. The number of nitrogens with zero attached hydrogens (tertiary/aromatic N) is 1. The molecular weight excluding hydrogens is 280 g/mol. The molecular formula is C13H21BrN2O. The van der Waals surface area contributed by atoms with Crippen LogP contribution >= 0.6 is 15.9 Å². The molecule has 3 nitrogen and oxygen atoms in total. The van der Waals surface area contributed by atoms with Gasteiger partial charge in [-0.1, -0.05) is 35.3 Å². The van der Waals surface area contributed by atoms with Crippen LogP contribution in [0.4, 0.5) is 5.69 Å². The minimum Gasteiger partial charge on any atom is -0.399 e. The van der Waals surface area contributed by atoms with Gasteiger partial charge in [0.25, 0.3) is 0 Å². The number of hydrogen-bond donors (Lipinski definition) is 2. The van der Waals surface area contributed by atoms with Crippen molar-refractivity contribution in [2.24, 2.45) is 0 Å². The minimum atomic E-state index is 0.205. The molecule has 0 aromatic heterocycles. The smallest absolute Gasteiger partial charge is 0.0558 e. The third-order valence-electron chi connectivity index (χ3n) is 2.72. The number of unbranched alkanes of at least 4 members (excludes halogenated alkanes) is 1. The SMILES string of the molecule is CCCCN(CCO)Cc1ccc(N)cc1Br. The first-order valence-electron chi connectivity index (χ1n) is 6.04. The van der Waals surface area contributed by atoms with Gasteiger partial charge in [0.2, 0.25) is 0 Å². The summed E-state index contributed by atoms with van der Waals surface area (Å²) in [7, 11) is 0. The number of anilines is 1. The van der Waals surface area contributed by atoms with Crippen molar-refractivity contribution in [2.75, 3.05) is 25.4 Å². The molecule has 0 saturated carbocycles. The van der Waals surface area contributed by atoms with Gasteiger partial charge in [-0.3, -0.25) is 4.90 Å². The number of aliphatic hydroxyl groups excluding tert-OH is 1. The van der Waals surface area contributed by atoms with Crippen LogP contribution in [0.25, 0.3) is 0 Å². The number of rotatable bonds is 7. The Morgan fingerprint density at radius 1 is 1.35 bits per heavy atom. The van der Waals surface area contributed by atoms with E-state index in [0.29, 0.717) is 0 Å². The second-order valence-corrected chi connectivity index (χ2v) is 5.06. The van der Waals surface area contributed by atoms with Crippen LogP contribution in [-0.4, -0.2) is 29.7 Å². The van der Waals surface area contributed by atoms with Crippen LogP contribution in [0.5, 0.6) is 0 Å². The summed E-state index contributed by atoms with van der Waals surface area (Å²) in [5.41, 5.74) is 7.69. The highest BCUT2D eigenvalue weighted by molar-refractivity contribution is 9.10. The van der Waals surface area contributed by atoms with Crippen LogP contribution in [-0.2, 0) is 6.54 Å². The van der Waals surface area contributed by atoms with E-state index in [1.54, 1.807) is 0 Å². The maximum Gasteiger partial charge on any atom is 0.0558 e. The normalized spacial score (nSPS) is 11.1. The highest BCUT2D eigenvalue weighted by atomic mass is 79.9. The maximum absolute atomic E-state index is 9.05. The van der Waals surface area contributed by atoms with Gasteiger partial charge in [0, 0.05) is 23.2 Å². The zero-order chi connectivity index (χ0) is 12.7. The molecule has 0 saturated heterocycles. The van der Waals surface area contributed by atoms with E-state index < -0.39 is 0 Å². The molecule has 1 aromatic rings. The van der Waals surface area contributed by atoms with Crippen molar-refractivity contribution in [1.29, 1.82) is 0 Å². The van der Waals surface area contributed by atoms with E-state index in [9.17, 15) is 0 Å². The molecule has 0 amide bonds. The summed E-state index contributed by atoms with van der Waals surface area (Å²) in [6.07, 6.45) is 2.33. The van der Waals surface area contributed by atoms with E-state index in [2.05, 4.69) is 27.8 Å². The summed E-state index contributed by atoms with van der Waals surface area (Å²) < 4.78 is 1.04. The molecule has 3 N–H and O–H groups in total. The van der Waals surface area contributed by atoms with E-state index in [1.807, 2.05) is 18.2 Å². The molecule has 1 aromatic carbocycles. The Morgan fingerprint density at radius 2 is 2.12 bits per heavy atom. The topological polar surface area (TPSA) is 49.5 Å². The molecule has 0 spiro atoms. The van der Waals surface area contributed by atoms with Crippen molar-refractivity contribution in [3.05, 3.63) is 28.2 Å². The monoisotopic (exact) mass is 300 g/mol. The van der Waals surface area contributed by atoms with E-state index >= 15 is 0 Å². The van der Waals surface area contributed by atoms with E-state index in [1.165, 1.54) is 12.0 Å². The van der Waals surface area contributed by atoms with Gasteiger partial charge in [0.05, 0.1) is 6.61 Å². The lowest BCUT2D eigenvalue weighted by Gasteiger charge is -2.21. The van der Waals surface area contributed by atoms with Crippen molar-refractivity contribution in [3.8, 4) is 0 Å². The second kappa shape index (κ2) is 7.69.